The lowest BCUT2D eigenvalue weighted by Gasteiger charge is -2.39. The van der Waals surface area contributed by atoms with Crippen molar-refractivity contribution < 1.29 is 66.3 Å². The van der Waals surface area contributed by atoms with Crippen LogP contribution in [0.4, 0.5) is 8.78 Å². The molecule has 0 radical (unpaired) electrons. The van der Waals surface area contributed by atoms with Gasteiger partial charge in [-0.25, -0.2) is 0 Å². The molecule has 21 nitrogen and oxygen atoms in total. The number of nitrogens with two attached hydrogens (primary N) is 1. The number of fused-ring (bicyclic) bond motifs is 3. The van der Waals surface area contributed by atoms with Crippen molar-refractivity contribution in [2.75, 3.05) is 13.1 Å². The number of nitrogens with zero attached hydrogens (tertiary/aromatic N) is 3. The van der Waals surface area contributed by atoms with Crippen LogP contribution in [0, 0.1) is 0 Å². The highest BCUT2D eigenvalue weighted by atomic mass is 79.9. The molecular formula is C52H51BrF2N9O12P. The van der Waals surface area contributed by atoms with E-state index in [-0.39, 0.29) is 79.5 Å². The number of carbonyl (C=O) groups is 9. The van der Waals surface area contributed by atoms with Crippen LogP contribution in [0.25, 0.3) is 10.9 Å². The number of amides is 9. The quantitative estimate of drug-likeness (QED) is 0.0518. The van der Waals surface area contributed by atoms with E-state index in [0.717, 1.165) is 34.2 Å². The number of halogens is 3. The number of aromatic amines is 1. The van der Waals surface area contributed by atoms with Crippen LogP contribution in [-0.4, -0.2) is 126 Å². The van der Waals surface area contributed by atoms with Gasteiger partial charge >= 0.3 is 13.3 Å². The van der Waals surface area contributed by atoms with Crippen molar-refractivity contribution in [3.8, 4) is 0 Å². The molecule has 3 saturated heterocycles. The Morgan fingerprint density at radius 2 is 1.51 bits per heavy atom. The Labute approximate surface area is 445 Å². The zero-order valence-electron chi connectivity index (χ0n) is 40.7. The number of hydrogen-bond donors (Lipinski definition) is 8. The zero-order chi connectivity index (χ0) is 55.1. The summed E-state index contributed by atoms with van der Waals surface area (Å²) in [6.07, 6.45) is 0.141. The number of carbonyl (C=O) groups excluding carboxylic acids is 9. The van der Waals surface area contributed by atoms with Crippen molar-refractivity contribution in [3.05, 3.63) is 141 Å². The molecule has 402 valence electrons. The lowest BCUT2D eigenvalue weighted by molar-refractivity contribution is -0.144. The van der Waals surface area contributed by atoms with Crippen LogP contribution in [0.1, 0.15) is 104 Å². The monoisotopic (exact) mass is 1140 g/mol. The number of benzene rings is 4. The Morgan fingerprint density at radius 1 is 0.844 bits per heavy atom. The number of nitrogens with one attached hydrogen (secondary N) is 5. The molecule has 4 aliphatic heterocycles. The number of alkyl halides is 2. The molecule has 4 aromatic carbocycles. The first-order valence-electron chi connectivity index (χ1n) is 24.5. The van der Waals surface area contributed by atoms with Gasteiger partial charge in [-0.1, -0.05) is 82.7 Å². The summed E-state index contributed by atoms with van der Waals surface area (Å²) >= 11 is 3.52. The summed E-state index contributed by atoms with van der Waals surface area (Å²) in [4.78, 5) is 148. The van der Waals surface area contributed by atoms with E-state index in [1.807, 2.05) is 65.6 Å². The summed E-state index contributed by atoms with van der Waals surface area (Å²) in [7, 11) is -5.95. The molecule has 9 N–H and O–H groups in total. The minimum absolute atomic E-state index is 0.000636. The molecular weight excluding hydrogens is 1090 g/mol. The average Bonchev–Trinajstić information content (AvgIpc) is 4.18. The van der Waals surface area contributed by atoms with E-state index in [9.17, 15) is 61.5 Å². The summed E-state index contributed by atoms with van der Waals surface area (Å²) < 4.78 is 41.6. The van der Waals surface area contributed by atoms with Crippen LogP contribution >= 0.6 is 23.5 Å². The lowest BCUT2D eigenvalue weighted by atomic mass is 9.98. The molecule has 0 aliphatic carbocycles. The van der Waals surface area contributed by atoms with Gasteiger partial charge in [0, 0.05) is 59.5 Å². The van der Waals surface area contributed by atoms with E-state index >= 15 is 4.79 Å². The molecule has 5 aromatic rings. The Morgan fingerprint density at radius 3 is 2.14 bits per heavy atom. The van der Waals surface area contributed by atoms with E-state index in [4.69, 9.17) is 5.73 Å². The topological polar surface area (TPSA) is 311 Å². The highest BCUT2D eigenvalue weighted by Gasteiger charge is 2.51. The van der Waals surface area contributed by atoms with Crippen molar-refractivity contribution in [2.24, 2.45) is 5.73 Å². The molecule has 9 amide bonds. The van der Waals surface area contributed by atoms with E-state index in [1.165, 1.54) is 23.1 Å². The maximum Gasteiger partial charge on any atom is 0.399 e. The average molecular weight is 1140 g/mol. The Balaban J connectivity index is 0.995. The summed E-state index contributed by atoms with van der Waals surface area (Å²) in [6, 6.07) is 18.6. The van der Waals surface area contributed by atoms with Crippen LogP contribution < -0.4 is 27.0 Å². The van der Waals surface area contributed by atoms with Crippen molar-refractivity contribution >= 4 is 87.6 Å². The van der Waals surface area contributed by atoms with E-state index in [0.29, 0.717) is 22.9 Å². The predicted molar refractivity (Wildman–Crippen MR) is 273 cm³/mol. The number of rotatable bonds is 16. The summed E-state index contributed by atoms with van der Waals surface area (Å²) in [6.45, 7) is 0.0430. The SMILES string of the molecule is NC(=O)CC[C@H](NC(=O)[C@@H]1CC[C@@H]2CCN(Cc3cc4c(cc3Br)C(=O)N(C3CCC(=O)NC3=O)C4=O)C[C@H](NC(=O)c3cc4cc(C(F)(F)P(=O)(O)O)ccc4[nH]3)C(=O)N21)C(=O)NC(c1ccccc1)c1ccccc1. The van der Waals surface area contributed by atoms with Gasteiger partial charge in [-0.05, 0) is 79.1 Å². The third-order valence-electron chi connectivity index (χ3n) is 14.3. The van der Waals surface area contributed by atoms with Gasteiger partial charge in [0.25, 0.3) is 17.7 Å². The molecule has 5 atom stereocenters. The van der Waals surface area contributed by atoms with Gasteiger partial charge in [0.15, 0.2) is 0 Å². The highest BCUT2D eigenvalue weighted by Crippen LogP contribution is 2.59. The van der Waals surface area contributed by atoms with Gasteiger partial charge in [-0.2, -0.15) is 8.78 Å². The second-order valence-corrected chi connectivity index (χ2v) is 21.9. The first-order valence-corrected chi connectivity index (χ1v) is 26.9. The first-order chi connectivity index (χ1) is 36.6. The van der Waals surface area contributed by atoms with Crippen LogP contribution in [-0.2, 0) is 45.5 Å². The number of hydrogen-bond acceptors (Lipinski definition) is 11. The molecule has 25 heteroatoms. The molecule has 5 heterocycles. The fraction of sp³-hybridized carbons (Fsp3) is 0.327. The molecule has 0 saturated carbocycles. The smallest absolute Gasteiger partial charge is 0.370 e. The maximum atomic E-state index is 15.2. The first kappa shape index (κ1) is 54.3. The maximum absolute atomic E-state index is 15.2. The highest BCUT2D eigenvalue weighted by molar-refractivity contribution is 9.10. The number of imide groups is 2. The zero-order valence-corrected chi connectivity index (χ0v) is 43.2. The van der Waals surface area contributed by atoms with Crippen LogP contribution in [0.2, 0.25) is 0 Å². The van der Waals surface area contributed by atoms with Gasteiger partial charge in [-0.15, -0.1) is 0 Å². The molecule has 1 unspecified atom stereocenters. The summed E-state index contributed by atoms with van der Waals surface area (Å²) in [5, 5.41) is 10.7. The molecule has 0 spiro atoms. The number of primary amides is 1. The van der Waals surface area contributed by atoms with Crippen molar-refractivity contribution in [1.29, 1.82) is 0 Å². The van der Waals surface area contributed by atoms with Gasteiger partial charge < -0.3 is 41.4 Å². The van der Waals surface area contributed by atoms with Gasteiger partial charge in [0.05, 0.1) is 17.2 Å². The lowest BCUT2D eigenvalue weighted by Crippen LogP contribution is -2.61. The van der Waals surface area contributed by atoms with Gasteiger partial charge in [-0.3, -0.25) is 62.8 Å². The fourth-order valence-corrected chi connectivity index (χ4v) is 11.4. The molecule has 9 rings (SSSR count). The Hall–Kier alpha value is -7.50. The third-order valence-corrected chi connectivity index (χ3v) is 16.1. The van der Waals surface area contributed by atoms with Crippen molar-refractivity contribution in [2.45, 2.75) is 93.4 Å². The second-order valence-electron chi connectivity index (χ2n) is 19.4. The number of H-pyrrole nitrogens is 1. The van der Waals surface area contributed by atoms with Crippen molar-refractivity contribution in [3.63, 3.8) is 0 Å². The molecule has 4 aliphatic rings. The fourth-order valence-electron chi connectivity index (χ4n) is 10.4. The summed E-state index contributed by atoms with van der Waals surface area (Å²) in [5.41, 5.74) is 1.87. The Kier molecular flexibility index (Phi) is 15.4. The van der Waals surface area contributed by atoms with Gasteiger partial charge in [0.1, 0.15) is 29.9 Å². The van der Waals surface area contributed by atoms with Crippen LogP contribution in [0.5, 0.6) is 0 Å². The van der Waals surface area contributed by atoms with Crippen molar-refractivity contribution in [1.82, 2.24) is 41.0 Å². The number of piperidine rings is 1. The summed E-state index contributed by atoms with van der Waals surface area (Å²) in [5.74, 6) is -6.45. The van der Waals surface area contributed by atoms with Crippen LogP contribution in [0.15, 0.2) is 102 Å². The number of aromatic nitrogens is 1. The minimum Gasteiger partial charge on any atom is -0.370 e. The second kappa shape index (κ2) is 21.9. The van der Waals surface area contributed by atoms with E-state index in [1.54, 1.807) is 0 Å². The molecule has 3 fully saturated rings. The standard InChI is InChI=1S/C52H51BrF2N9O12P/c53-35-24-34-33(49(71)64(50(34)72)41-16-18-43(66)60-48(41)70)22-30(35)25-62-20-19-32-12-15-40(47(69)58-37(14-17-42(56)65)45(67)61-44(27-7-3-1-4-8-27)28-9-5-2-6-10-28)63(32)51(73)39(26-62)59-46(68)38-23-29-21-31(11-13-36(29)57-38)52(54,55)77(74,75)76/h1-11,13,21-24,32,37,39-41,44,57H,12,14-20,25-26H2,(H2,56,65)(H,58,69)(H,59,68)(H,61,67)(H,60,66,70)(H2,74,75,76)/t32-,37+,39+,40+,41?/m1/s1. The predicted octanol–water partition coefficient (Wildman–Crippen LogP) is 3.58. The molecule has 0 bridgehead atoms. The van der Waals surface area contributed by atoms with E-state index in [2.05, 4.69) is 42.2 Å². The van der Waals surface area contributed by atoms with Crippen LogP contribution in [0.3, 0.4) is 0 Å². The normalized spacial score (nSPS) is 20.6. The van der Waals surface area contributed by atoms with Gasteiger partial charge in [0.2, 0.25) is 35.4 Å². The Bertz CT molecular complexity index is 3250. The molecule has 77 heavy (non-hydrogen) atoms. The third kappa shape index (κ3) is 11.2. The molecule has 1 aromatic heterocycles. The largest absolute Gasteiger partial charge is 0.399 e. The minimum atomic E-state index is -5.95. The van der Waals surface area contributed by atoms with E-state index < -0.39 is 108 Å².